The highest BCUT2D eigenvalue weighted by atomic mass is 31.2. The fourth-order valence-electron chi connectivity index (χ4n) is 8.95. The van der Waals surface area contributed by atoms with Crippen LogP contribution in [-0.2, 0) is 32.7 Å². The first kappa shape index (κ1) is 75.2. The van der Waals surface area contributed by atoms with Crippen molar-refractivity contribution in [1.29, 1.82) is 0 Å². The maximum Gasteiger partial charge on any atom is 0.306 e. The molecule has 78 heavy (non-hydrogen) atoms. The van der Waals surface area contributed by atoms with Gasteiger partial charge in [0.05, 0.1) is 27.7 Å². The van der Waals surface area contributed by atoms with Crippen LogP contribution in [0.4, 0.5) is 0 Å². The Bertz CT molecular complexity index is 1590. The lowest BCUT2D eigenvalue weighted by atomic mass is 10.0. The van der Waals surface area contributed by atoms with Crippen LogP contribution in [0.3, 0.4) is 0 Å². The van der Waals surface area contributed by atoms with Gasteiger partial charge in [0.15, 0.2) is 6.10 Å². The summed E-state index contributed by atoms with van der Waals surface area (Å²) < 4.78 is 34.2. The van der Waals surface area contributed by atoms with Crippen LogP contribution in [0.25, 0.3) is 0 Å². The Kier molecular flexibility index (Phi) is 56.7. The first-order valence-corrected chi connectivity index (χ1v) is 33.8. The molecule has 10 heteroatoms. The fraction of sp³-hybridized carbons (Fsp3) is 0.765. The molecule has 9 nitrogen and oxygen atoms in total. The lowest BCUT2D eigenvalue weighted by molar-refractivity contribution is -0.870. The predicted molar refractivity (Wildman–Crippen MR) is 332 cm³/mol. The molecule has 0 aromatic carbocycles. The second kappa shape index (κ2) is 58.8. The molecule has 0 aliphatic heterocycles. The average molecular weight is 1110 g/mol. The lowest BCUT2D eigenvalue weighted by Crippen LogP contribution is -2.37. The number of hydrogen-bond acceptors (Lipinski definition) is 8. The molecule has 0 aromatic heterocycles. The number of phosphoric acid groups is 1. The second-order valence-electron chi connectivity index (χ2n) is 22.7. The van der Waals surface area contributed by atoms with Crippen LogP contribution in [0, 0.1) is 0 Å². The molecule has 0 bridgehead atoms. The van der Waals surface area contributed by atoms with E-state index in [4.69, 9.17) is 18.5 Å². The van der Waals surface area contributed by atoms with E-state index in [0.717, 1.165) is 83.5 Å². The monoisotopic (exact) mass is 1110 g/mol. The SMILES string of the molecule is CC/C=C\C/C=C\C/C=C\C/C=C\C/C=C\C/C=C\CCCCCCC(=O)OC(COC(=O)CCCCCCCCCCCCCCCCCCCCC/C=C\CCCCCCCCCC)COP(=O)([O-])OCC[N+](C)(C)C. The van der Waals surface area contributed by atoms with Crippen molar-refractivity contribution >= 4 is 19.8 Å². The first-order chi connectivity index (χ1) is 38.0. The highest BCUT2D eigenvalue weighted by Gasteiger charge is 2.22. The number of ether oxygens (including phenoxy) is 2. The zero-order valence-corrected chi connectivity index (χ0v) is 52.2. The zero-order valence-electron chi connectivity index (χ0n) is 51.3. The Morgan fingerprint density at radius 2 is 0.731 bits per heavy atom. The number of likely N-dealkylation sites (N-methyl/N-ethyl adjacent to an activating group) is 1. The molecule has 0 N–H and O–H groups in total. The molecule has 0 aliphatic carbocycles. The molecule has 0 heterocycles. The maximum atomic E-state index is 12.8. The molecule has 452 valence electrons. The highest BCUT2D eigenvalue weighted by Crippen LogP contribution is 2.38. The summed E-state index contributed by atoms with van der Waals surface area (Å²) in [5.74, 6) is -0.857. The van der Waals surface area contributed by atoms with E-state index in [1.165, 1.54) is 167 Å². The van der Waals surface area contributed by atoms with Crippen LogP contribution in [0.1, 0.15) is 284 Å². The van der Waals surface area contributed by atoms with Crippen molar-refractivity contribution < 1.29 is 42.1 Å². The number of phosphoric ester groups is 1. The molecule has 0 aromatic rings. The molecular weight excluding hydrogens is 990 g/mol. The quantitative estimate of drug-likeness (QED) is 0.0195. The molecule has 0 saturated carbocycles. The number of hydrogen-bond donors (Lipinski definition) is 0. The number of esters is 2. The Morgan fingerprint density at radius 3 is 1.10 bits per heavy atom. The molecule has 0 spiro atoms. The van der Waals surface area contributed by atoms with E-state index in [1.54, 1.807) is 0 Å². The summed E-state index contributed by atoms with van der Waals surface area (Å²) in [5, 5.41) is 0. The van der Waals surface area contributed by atoms with Crippen molar-refractivity contribution in [1.82, 2.24) is 0 Å². The number of carbonyl (C=O) groups excluding carboxylic acids is 2. The number of carbonyl (C=O) groups is 2. The van der Waals surface area contributed by atoms with Gasteiger partial charge < -0.3 is 27.9 Å². The molecule has 0 aliphatic rings. The van der Waals surface area contributed by atoms with Crippen molar-refractivity contribution in [2.24, 2.45) is 0 Å². The van der Waals surface area contributed by atoms with Crippen LogP contribution in [0.2, 0.25) is 0 Å². The van der Waals surface area contributed by atoms with Crippen LogP contribution < -0.4 is 4.89 Å². The second-order valence-corrected chi connectivity index (χ2v) is 24.2. The minimum atomic E-state index is -4.65. The van der Waals surface area contributed by atoms with Gasteiger partial charge in [-0.1, -0.05) is 266 Å². The molecule has 2 atom stereocenters. The van der Waals surface area contributed by atoms with Crippen LogP contribution >= 0.6 is 7.82 Å². The minimum absolute atomic E-state index is 0.0392. The summed E-state index contributed by atoms with van der Waals surface area (Å²) in [7, 11) is 1.15. The van der Waals surface area contributed by atoms with Gasteiger partial charge in [0.2, 0.25) is 0 Å². The third kappa shape index (κ3) is 62.4. The van der Waals surface area contributed by atoms with E-state index in [1.807, 2.05) is 21.1 Å². The fourth-order valence-corrected chi connectivity index (χ4v) is 9.68. The van der Waals surface area contributed by atoms with Crippen molar-refractivity contribution in [3.63, 3.8) is 0 Å². The standard InChI is InChI=1S/C68H122NO8P/c1-6-8-10-12-14-16-18-20-22-24-26-28-30-31-32-33-34-35-36-37-39-40-42-44-46-48-50-52-54-56-58-60-67(70)74-64-66(65-76-78(72,73)75-63-62-69(3,4)5)77-68(71)61-59-57-55-53-51-49-47-45-43-41-38-29-27-25-23-21-19-17-15-13-11-9-7-2/h9,11,15,17,21,23-24,26-27,29,41,43,47,49,66H,6-8,10,12-14,16,18-20,22,25,28,30-40,42,44-46,48,50-65H2,1-5H3/b11-9-,17-15-,23-21-,26-24-,29-27-,43-41-,49-47-. The molecule has 0 radical (unpaired) electrons. The summed E-state index contributed by atoms with van der Waals surface area (Å²) in [6.07, 6.45) is 79.4. The van der Waals surface area contributed by atoms with Gasteiger partial charge >= 0.3 is 11.9 Å². The number of rotatable bonds is 59. The molecule has 2 unspecified atom stereocenters. The van der Waals surface area contributed by atoms with Gasteiger partial charge in [-0.15, -0.1) is 0 Å². The molecule has 0 rings (SSSR count). The van der Waals surface area contributed by atoms with Crippen LogP contribution in [0.15, 0.2) is 85.1 Å². The summed E-state index contributed by atoms with van der Waals surface area (Å²) in [5.41, 5.74) is 0. The largest absolute Gasteiger partial charge is 0.756 e. The van der Waals surface area contributed by atoms with Crippen LogP contribution in [-0.4, -0.2) is 70.0 Å². The van der Waals surface area contributed by atoms with Gasteiger partial charge in [-0.2, -0.15) is 0 Å². The lowest BCUT2D eigenvalue weighted by Gasteiger charge is -2.28. The van der Waals surface area contributed by atoms with Crippen molar-refractivity contribution in [3.05, 3.63) is 85.1 Å². The van der Waals surface area contributed by atoms with E-state index in [0.29, 0.717) is 17.4 Å². The number of unbranched alkanes of at least 4 members (excludes halogenated alkanes) is 31. The number of nitrogens with zero attached hydrogens (tertiary/aromatic N) is 1. The van der Waals surface area contributed by atoms with Crippen molar-refractivity contribution in [2.45, 2.75) is 290 Å². The van der Waals surface area contributed by atoms with E-state index in [2.05, 4.69) is 98.9 Å². The van der Waals surface area contributed by atoms with Gasteiger partial charge in [0.25, 0.3) is 7.82 Å². The van der Waals surface area contributed by atoms with Gasteiger partial charge in [0.1, 0.15) is 19.8 Å². The third-order valence-corrected chi connectivity index (χ3v) is 14.9. The first-order valence-electron chi connectivity index (χ1n) is 32.3. The Hall–Kier alpha value is -2.81. The van der Waals surface area contributed by atoms with Gasteiger partial charge in [-0.05, 0) is 89.9 Å². The summed E-state index contributed by atoms with van der Waals surface area (Å²) in [6.45, 7) is 4.12. The smallest absolute Gasteiger partial charge is 0.306 e. The number of quaternary nitrogens is 1. The summed E-state index contributed by atoms with van der Waals surface area (Å²) in [6, 6.07) is 0. The van der Waals surface area contributed by atoms with E-state index < -0.39 is 26.5 Å². The van der Waals surface area contributed by atoms with E-state index in [-0.39, 0.29) is 32.0 Å². The maximum absolute atomic E-state index is 12.8. The van der Waals surface area contributed by atoms with E-state index in [9.17, 15) is 19.0 Å². The van der Waals surface area contributed by atoms with Crippen molar-refractivity contribution in [3.8, 4) is 0 Å². The average Bonchev–Trinajstić information content (AvgIpc) is 3.40. The molecule has 0 amide bonds. The molecule has 0 saturated heterocycles. The minimum Gasteiger partial charge on any atom is -0.756 e. The predicted octanol–water partition coefficient (Wildman–Crippen LogP) is 20.0. The normalized spacial score (nSPS) is 13.8. The van der Waals surface area contributed by atoms with Gasteiger partial charge in [0, 0.05) is 12.8 Å². The third-order valence-electron chi connectivity index (χ3n) is 13.9. The number of allylic oxidation sites excluding steroid dienone is 14. The highest BCUT2D eigenvalue weighted by molar-refractivity contribution is 7.45. The molecular formula is C68H122NO8P. The van der Waals surface area contributed by atoms with E-state index >= 15 is 0 Å². The summed E-state index contributed by atoms with van der Waals surface area (Å²) >= 11 is 0. The summed E-state index contributed by atoms with van der Waals surface area (Å²) in [4.78, 5) is 38.0. The Balaban J connectivity index is 4.10. The Labute approximate surface area is 481 Å². The molecule has 0 fully saturated rings. The van der Waals surface area contributed by atoms with Crippen LogP contribution in [0.5, 0.6) is 0 Å². The zero-order chi connectivity index (χ0) is 57.0. The van der Waals surface area contributed by atoms with Gasteiger partial charge in [-0.25, -0.2) is 0 Å². The van der Waals surface area contributed by atoms with Crippen molar-refractivity contribution in [2.75, 3.05) is 47.5 Å². The Morgan fingerprint density at radius 1 is 0.410 bits per heavy atom. The topological polar surface area (TPSA) is 111 Å². The van der Waals surface area contributed by atoms with Gasteiger partial charge in [-0.3, -0.25) is 14.2 Å².